The fourth-order valence-electron chi connectivity index (χ4n) is 1.77. The molecular formula is C16H22N2O2. The first-order valence-electron chi connectivity index (χ1n) is 6.72. The molecule has 1 amide bonds. The quantitative estimate of drug-likeness (QED) is 0.916. The number of hydrogen-bond donors (Lipinski definition) is 1. The molecule has 2 atom stereocenters. The van der Waals surface area contributed by atoms with Gasteiger partial charge in [-0.25, -0.2) is 4.79 Å². The van der Waals surface area contributed by atoms with Crippen LogP contribution in [-0.2, 0) is 4.74 Å². The van der Waals surface area contributed by atoms with Gasteiger partial charge in [-0.15, -0.1) is 0 Å². The van der Waals surface area contributed by atoms with Crippen molar-refractivity contribution in [1.29, 1.82) is 5.26 Å². The number of alkyl carbamates (subject to hydrolysis) is 1. The number of carbonyl (C=O) groups is 1. The van der Waals surface area contributed by atoms with E-state index in [1.165, 1.54) is 0 Å². The lowest BCUT2D eigenvalue weighted by Gasteiger charge is -2.25. The summed E-state index contributed by atoms with van der Waals surface area (Å²) >= 11 is 0. The second-order valence-electron chi connectivity index (χ2n) is 5.96. The third-order valence-electron chi connectivity index (χ3n) is 3.06. The molecule has 0 saturated heterocycles. The zero-order chi connectivity index (χ0) is 15.3. The average Bonchev–Trinajstić information content (AvgIpc) is 2.35. The van der Waals surface area contributed by atoms with Crippen molar-refractivity contribution in [2.75, 3.05) is 0 Å². The minimum atomic E-state index is -0.499. The summed E-state index contributed by atoms with van der Waals surface area (Å²) in [5.74, 6) is 0.135. The number of amides is 1. The van der Waals surface area contributed by atoms with Crippen LogP contribution in [-0.4, -0.2) is 17.7 Å². The van der Waals surface area contributed by atoms with Gasteiger partial charge in [0, 0.05) is 12.0 Å². The van der Waals surface area contributed by atoms with Crippen LogP contribution in [0.15, 0.2) is 24.3 Å². The van der Waals surface area contributed by atoms with Crippen LogP contribution < -0.4 is 5.32 Å². The average molecular weight is 274 g/mol. The van der Waals surface area contributed by atoms with Crippen molar-refractivity contribution in [2.45, 2.75) is 52.2 Å². The van der Waals surface area contributed by atoms with E-state index in [1.54, 1.807) is 12.1 Å². The maximum absolute atomic E-state index is 11.7. The monoisotopic (exact) mass is 274 g/mol. The summed E-state index contributed by atoms with van der Waals surface area (Å²) in [6.07, 6.45) is -0.412. The molecule has 0 aliphatic rings. The van der Waals surface area contributed by atoms with Crippen LogP contribution in [0.5, 0.6) is 0 Å². The summed E-state index contributed by atoms with van der Waals surface area (Å²) in [6.45, 7) is 9.47. The van der Waals surface area contributed by atoms with Crippen LogP contribution in [0, 0.1) is 11.3 Å². The molecule has 4 nitrogen and oxygen atoms in total. The minimum Gasteiger partial charge on any atom is -0.444 e. The van der Waals surface area contributed by atoms with Crippen molar-refractivity contribution in [3.8, 4) is 6.07 Å². The number of hydrogen-bond acceptors (Lipinski definition) is 3. The fraction of sp³-hybridized carbons (Fsp3) is 0.500. The Morgan fingerprint density at radius 3 is 2.25 bits per heavy atom. The van der Waals surface area contributed by atoms with E-state index in [1.807, 2.05) is 46.8 Å². The number of nitrogens with zero attached hydrogens (tertiary/aromatic N) is 1. The van der Waals surface area contributed by atoms with Gasteiger partial charge in [-0.1, -0.05) is 19.1 Å². The Hall–Kier alpha value is -2.02. The van der Waals surface area contributed by atoms with E-state index in [9.17, 15) is 4.79 Å². The Kier molecular flexibility index (Phi) is 5.15. The minimum absolute atomic E-state index is 0.0576. The van der Waals surface area contributed by atoms with E-state index >= 15 is 0 Å². The van der Waals surface area contributed by atoms with E-state index in [0.29, 0.717) is 5.56 Å². The highest BCUT2D eigenvalue weighted by molar-refractivity contribution is 5.68. The molecule has 108 valence electrons. The van der Waals surface area contributed by atoms with Crippen molar-refractivity contribution >= 4 is 6.09 Å². The zero-order valence-electron chi connectivity index (χ0n) is 12.7. The summed E-state index contributed by atoms with van der Waals surface area (Å²) < 4.78 is 5.24. The number of ether oxygens (including phenoxy) is 1. The Labute approximate surface area is 120 Å². The van der Waals surface area contributed by atoms with E-state index in [0.717, 1.165) is 5.56 Å². The maximum atomic E-state index is 11.7. The summed E-state index contributed by atoms with van der Waals surface area (Å²) in [5, 5.41) is 11.6. The molecule has 0 radical (unpaired) electrons. The van der Waals surface area contributed by atoms with Crippen molar-refractivity contribution in [3.63, 3.8) is 0 Å². The maximum Gasteiger partial charge on any atom is 0.407 e. The highest BCUT2D eigenvalue weighted by atomic mass is 16.6. The lowest BCUT2D eigenvalue weighted by molar-refractivity contribution is 0.0502. The van der Waals surface area contributed by atoms with Crippen LogP contribution in [0.2, 0.25) is 0 Å². The predicted octanol–water partition coefficient (Wildman–Crippen LogP) is 3.57. The first-order valence-corrected chi connectivity index (χ1v) is 6.72. The lowest BCUT2D eigenvalue weighted by atomic mass is 9.94. The molecule has 1 rings (SSSR count). The van der Waals surface area contributed by atoms with E-state index < -0.39 is 11.7 Å². The van der Waals surface area contributed by atoms with Crippen molar-refractivity contribution < 1.29 is 9.53 Å². The van der Waals surface area contributed by atoms with Gasteiger partial charge in [-0.05, 0) is 45.4 Å². The van der Waals surface area contributed by atoms with Gasteiger partial charge < -0.3 is 10.1 Å². The molecule has 4 heteroatoms. The Balaban J connectivity index is 2.64. The van der Waals surface area contributed by atoms with Crippen LogP contribution in [0.1, 0.15) is 51.7 Å². The number of nitrogens with one attached hydrogen (secondary N) is 1. The number of nitriles is 1. The van der Waals surface area contributed by atoms with Gasteiger partial charge in [-0.3, -0.25) is 0 Å². The van der Waals surface area contributed by atoms with Gasteiger partial charge in [-0.2, -0.15) is 5.26 Å². The molecule has 0 bridgehead atoms. The normalized spacial score (nSPS) is 14.0. The van der Waals surface area contributed by atoms with Crippen LogP contribution in [0.4, 0.5) is 4.79 Å². The molecule has 0 aliphatic carbocycles. The highest BCUT2D eigenvalue weighted by Gasteiger charge is 2.21. The number of rotatable bonds is 3. The van der Waals surface area contributed by atoms with E-state index in [-0.39, 0.29) is 12.0 Å². The molecule has 0 spiro atoms. The Bertz CT molecular complexity index is 495. The van der Waals surface area contributed by atoms with Gasteiger partial charge in [0.05, 0.1) is 11.6 Å². The second kappa shape index (κ2) is 6.42. The van der Waals surface area contributed by atoms with Crippen molar-refractivity contribution in [3.05, 3.63) is 35.4 Å². The van der Waals surface area contributed by atoms with Crippen LogP contribution in [0.3, 0.4) is 0 Å². The molecule has 0 aromatic heterocycles. The summed E-state index contributed by atoms with van der Waals surface area (Å²) in [6, 6.07) is 9.43. The van der Waals surface area contributed by atoms with Gasteiger partial charge in [0.15, 0.2) is 0 Å². The molecule has 0 fully saturated rings. The fourth-order valence-corrected chi connectivity index (χ4v) is 1.77. The topological polar surface area (TPSA) is 62.1 Å². The smallest absolute Gasteiger partial charge is 0.407 e. The third kappa shape index (κ3) is 4.93. The van der Waals surface area contributed by atoms with Crippen molar-refractivity contribution in [2.24, 2.45) is 0 Å². The molecule has 20 heavy (non-hydrogen) atoms. The second-order valence-corrected chi connectivity index (χ2v) is 5.96. The SMILES string of the molecule is CC(c1ccc(C#N)cc1)[C@H](C)NC(=O)OC(C)(C)C. The first kappa shape index (κ1) is 16.0. The molecular weight excluding hydrogens is 252 g/mol. The van der Waals surface area contributed by atoms with E-state index in [4.69, 9.17) is 10.00 Å². The molecule has 0 aliphatic heterocycles. The lowest BCUT2D eigenvalue weighted by Crippen LogP contribution is -2.40. The first-order chi connectivity index (χ1) is 9.23. The molecule has 0 saturated carbocycles. The third-order valence-corrected chi connectivity index (χ3v) is 3.06. The zero-order valence-corrected chi connectivity index (χ0v) is 12.7. The van der Waals surface area contributed by atoms with Crippen LogP contribution >= 0.6 is 0 Å². The summed E-state index contributed by atoms with van der Waals surface area (Å²) in [5.41, 5.74) is 1.21. The molecule has 1 N–H and O–H groups in total. The van der Waals surface area contributed by atoms with Gasteiger partial charge in [0.25, 0.3) is 0 Å². The van der Waals surface area contributed by atoms with Gasteiger partial charge in [0.1, 0.15) is 5.60 Å². The van der Waals surface area contributed by atoms with E-state index in [2.05, 4.69) is 11.4 Å². The highest BCUT2D eigenvalue weighted by Crippen LogP contribution is 2.20. The van der Waals surface area contributed by atoms with Crippen LogP contribution in [0.25, 0.3) is 0 Å². The molecule has 1 aromatic rings. The largest absolute Gasteiger partial charge is 0.444 e. The predicted molar refractivity (Wildman–Crippen MR) is 78.4 cm³/mol. The number of carbonyl (C=O) groups excluding carboxylic acids is 1. The van der Waals surface area contributed by atoms with Crippen molar-refractivity contribution in [1.82, 2.24) is 5.32 Å². The summed E-state index contributed by atoms with van der Waals surface area (Å²) in [4.78, 5) is 11.7. The van der Waals surface area contributed by atoms with Gasteiger partial charge >= 0.3 is 6.09 Å². The Morgan fingerprint density at radius 2 is 1.80 bits per heavy atom. The number of benzene rings is 1. The van der Waals surface area contributed by atoms with Gasteiger partial charge in [0.2, 0.25) is 0 Å². The molecule has 1 aromatic carbocycles. The molecule has 1 unspecified atom stereocenters. The Morgan fingerprint density at radius 1 is 1.25 bits per heavy atom. The summed E-state index contributed by atoms with van der Waals surface area (Å²) in [7, 11) is 0. The molecule has 0 heterocycles. The standard InChI is InChI=1S/C16H22N2O2/c1-11(14-8-6-13(10-17)7-9-14)12(2)18-15(19)20-16(3,4)5/h6-9,11-12H,1-5H3,(H,18,19)/t11?,12-/m0/s1.